The van der Waals surface area contributed by atoms with Crippen LogP contribution in [0.2, 0.25) is 0 Å². The molecule has 1 N–H and O–H groups in total. The molecule has 0 saturated carbocycles. The zero-order valence-corrected chi connectivity index (χ0v) is 17.0. The summed E-state index contributed by atoms with van der Waals surface area (Å²) in [5.74, 6) is -0.868. The first-order chi connectivity index (χ1) is 13.3. The molecule has 0 radical (unpaired) electrons. The number of carbonyl (C=O) groups excluding carboxylic acids is 1. The van der Waals surface area contributed by atoms with Gasteiger partial charge in [0.15, 0.2) is 0 Å². The third kappa shape index (κ3) is 4.07. The highest BCUT2D eigenvalue weighted by Crippen LogP contribution is 2.30. The van der Waals surface area contributed by atoms with Crippen molar-refractivity contribution in [3.63, 3.8) is 0 Å². The maximum Gasteiger partial charge on any atom is 0.264 e. The summed E-state index contributed by atoms with van der Waals surface area (Å²) in [5, 5.41) is 4.29. The van der Waals surface area contributed by atoms with Gasteiger partial charge in [-0.15, -0.1) is 11.3 Å². The van der Waals surface area contributed by atoms with Crippen LogP contribution in [0.15, 0.2) is 64.9 Å². The first-order valence-electron chi connectivity index (χ1n) is 8.45. The van der Waals surface area contributed by atoms with Crippen molar-refractivity contribution in [1.29, 1.82) is 0 Å². The maximum atomic E-state index is 13.7. The van der Waals surface area contributed by atoms with Gasteiger partial charge in [0, 0.05) is 19.2 Å². The fourth-order valence-electron chi connectivity index (χ4n) is 2.62. The molecule has 28 heavy (non-hydrogen) atoms. The summed E-state index contributed by atoms with van der Waals surface area (Å²) >= 11 is 1.13. The summed E-state index contributed by atoms with van der Waals surface area (Å²) in [6.07, 6.45) is 0. The van der Waals surface area contributed by atoms with Crippen LogP contribution in [0.4, 0.5) is 10.1 Å². The Morgan fingerprint density at radius 1 is 1.11 bits per heavy atom. The minimum absolute atomic E-state index is 0.0112. The molecule has 1 amide bonds. The number of carbonyl (C=O) groups is 1. The van der Waals surface area contributed by atoms with Crippen LogP contribution < -0.4 is 9.62 Å². The van der Waals surface area contributed by atoms with Gasteiger partial charge < -0.3 is 5.32 Å². The number of hydrogen-bond acceptors (Lipinski definition) is 4. The largest absolute Gasteiger partial charge is 0.347 e. The molecule has 0 saturated heterocycles. The van der Waals surface area contributed by atoms with Gasteiger partial charge in [0.2, 0.25) is 0 Å². The molecule has 0 atom stereocenters. The van der Waals surface area contributed by atoms with Crippen molar-refractivity contribution in [3.05, 3.63) is 81.8 Å². The van der Waals surface area contributed by atoms with Crippen LogP contribution in [-0.2, 0) is 16.6 Å². The SMILES string of the molecule is Cc1ccc(S(=O)(=O)N(C)c2ccsc2C(=O)NCc2ccccc2F)cc1. The summed E-state index contributed by atoms with van der Waals surface area (Å²) in [5.41, 5.74) is 1.58. The second-order valence-electron chi connectivity index (χ2n) is 6.19. The van der Waals surface area contributed by atoms with E-state index in [0.717, 1.165) is 21.2 Å². The van der Waals surface area contributed by atoms with E-state index in [1.54, 1.807) is 41.8 Å². The van der Waals surface area contributed by atoms with Crippen LogP contribution in [-0.4, -0.2) is 21.4 Å². The van der Waals surface area contributed by atoms with E-state index in [-0.39, 0.29) is 22.0 Å². The van der Waals surface area contributed by atoms with Gasteiger partial charge >= 0.3 is 0 Å². The zero-order chi connectivity index (χ0) is 20.3. The Hall–Kier alpha value is -2.71. The fourth-order valence-corrected chi connectivity index (χ4v) is 4.72. The van der Waals surface area contributed by atoms with E-state index < -0.39 is 21.7 Å². The number of aryl methyl sites for hydroxylation is 1. The number of halogens is 1. The summed E-state index contributed by atoms with van der Waals surface area (Å²) in [6.45, 7) is 1.88. The highest BCUT2D eigenvalue weighted by molar-refractivity contribution is 7.92. The van der Waals surface area contributed by atoms with Crippen molar-refractivity contribution in [1.82, 2.24) is 5.32 Å². The molecule has 2 aromatic carbocycles. The normalized spacial score (nSPS) is 11.2. The average Bonchev–Trinajstić information content (AvgIpc) is 3.16. The van der Waals surface area contributed by atoms with Crippen LogP contribution in [0, 0.1) is 12.7 Å². The Morgan fingerprint density at radius 3 is 2.46 bits per heavy atom. The minimum Gasteiger partial charge on any atom is -0.347 e. The monoisotopic (exact) mass is 418 g/mol. The van der Waals surface area contributed by atoms with Gasteiger partial charge in [-0.25, -0.2) is 12.8 Å². The van der Waals surface area contributed by atoms with E-state index in [2.05, 4.69) is 5.32 Å². The number of hydrogen-bond donors (Lipinski definition) is 1. The molecule has 1 aromatic heterocycles. The number of sulfonamides is 1. The number of benzene rings is 2. The van der Waals surface area contributed by atoms with Crippen molar-refractivity contribution >= 4 is 33.0 Å². The number of nitrogens with one attached hydrogen (secondary N) is 1. The molecule has 0 aliphatic carbocycles. The van der Waals surface area contributed by atoms with Crippen LogP contribution >= 0.6 is 11.3 Å². The second-order valence-corrected chi connectivity index (χ2v) is 9.08. The molecule has 0 spiro atoms. The van der Waals surface area contributed by atoms with Crippen molar-refractivity contribution in [3.8, 4) is 0 Å². The van der Waals surface area contributed by atoms with Crippen LogP contribution in [0.5, 0.6) is 0 Å². The molecule has 3 rings (SSSR count). The standard InChI is InChI=1S/C20H19FN2O3S2/c1-14-7-9-16(10-8-14)28(25,26)23(2)18-11-12-27-19(18)20(24)22-13-15-5-3-4-6-17(15)21/h3-12H,13H2,1-2H3,(H,22,24). The summed E-state index contributed by atoms with van der Waals surface area (Å²) in [6, 6.07) is 14.2. The number of anilines is 1. The molecule has 8 heteroatoms. The smallest absolute Gasteiger partial charge is 0.264 e. The van der Waals surface area contributed by atoms with Crippen LogP contribution in [0.25, 0.3) is 0 Å². The van der Waals surface area contributed by atoms with E-state index in [9.17, 15) is 17.6 Å². The van der Waals surface area contributed by atoms with E-state index >= 15 is 0 Å². The summed E-state index contributed by atoms with van der Waals surface area (Å²) in [7, 11) is -2.40. The Balaban J connectivity index is 1.81. The Kier molecular flexibility index (Phi) is 5.81. The molecule has 0 unspecified atom stereocenters. The third-order valence-electron chi connectivity index (χ3n) is 4.27. The molecule has 5 nitrogen and oxygen atoms in total. The lowest BCUT2D eigenvalue weighted by Crippen LogP contribution is -2.29. The molecule has 0 aliphatic rings. The molecule has 1 heterocycles. The Bertz CT molecular complexity index is 1090. The summed E-state index contributed by atoms with van der Waals surface area (Å²) < 4.78 is 40.6. The highest BCUT2D eigenvalue weighted by atomic mass is 32.2. The Morgan fingerprint density at radius 2 is 1.79 bits per heavy atom. The highest BCUT2D eigenvalue weighted by Gasteiger charge is 2.26. The quantitative estimate of drug-likeness (QED) is 0.659. The van der Waals surface area contributed by atoms with Crippen molar-refractivity contribution in [2.24, 2.45) is 0 Å². The maximum absolute atomic E-state index is 13.7. The van der Waals surface area contributed by atoms with Gasteiger partial charge in [0.25, 0.3) is 15.9 Å². The molecule has 3 aromatic rings. The number of nitrogens with zero attached hydrogens (tertiary/aromatic N) is 1. The fraction of sp³-hybridized carbons (Fsp3) is 0.150. The van der Waals surface area contributed by atoms with E-state index in [1.165, 1.54) is 25.2 Å². The average molecular weight is 419 g/mol. The van der Waals surface area contributed by atoms with Gasteiger partial charge in [-0.3, -0.25) is 9.10 Å². The predicted molar refractivity (Wildman–Crippen MR) is 109 cm³/mol. The molecule has 146 valence electrons. The summed E-state index contributed by atoms with van der Waals surface area (Å²) in [4.78, 5) is 13.0. The molecular weight excluding hydrogens is 399 g/mol. The van der Waals surface area contributed by atoms with Crippen LogP contribution in [0.1, 0.15) is 20.8 Å². The van der Waals surface area contributed by atoms with E-state index in [0.29, 0.717) is 5.56 Å². The molecule has 0 fully saturated rings. The van der Waals surface area contributed by atoms with Gasteiger partial charge in [0.1, 0.15) is 10.7 Å². The van der Waals surface area contributed by atoms with E-state index in [1.807, 2.05) is 6.92 Å². The second kappa shape index (κ2) is 8.12. The number of amides is 1. The lowest BCUT2D eigenvalue weighted by atomic mass is 10.2. The zero-order valence-electron chi connectivity index (χ0n) is 15.3. The van der Waals surface area contributed by atoms with Crippen LogP contribution in [0.3, 0.4) is 0 Å². The number of thiophene rings is 1. The lowest BCUT2D eigenvalue weighted by molar-refractivity contribution is 0.0955. The first kappa shape index (κ1) is 20.0. The van der Waals surface area contributed by atoms with Gasteiger partial charge in [0.05, 0.1) is 10.6 Å². The van der Waals surface area contributed by atoms with Crippen molar-refractivity contribution in [2.45, 2.75) is 18.4 Å². The Labute approximate surface area is 167 Å². The first-order valence-corrected chi connectivity index (χ1v) is 10.8. The molecule has 0 bridgehead atoms. The third-order valence-corrected chi connectivity index (χ3v) is 6.95. The number of rotatable bonds is 6. The van der Waals surface area contributed by atoms with Crippen molar-refractivity contribution < 1.29 is 17.6 Å². The molecular formula is C20H19FN2O3S2. The topological polar surface area (TPSA) is 66.5 Å². The van der Waals surface area contributed by atoms with Gasteiger partial charge in [-0.1, -0.05) is 35.9 Å². The lowest BCUT2D eigenvalue weighted by Gasteiger charge is -2.20. The molecule has 0 aliphatic heterocycles. The van der Waals surface area contributed by atoms with E-state index in [4.69, 9.17) is 0 Å². The predicted octanol–water partition coefficient (Wildman–Crippen LogP) is 3.95. The minimum atomic E-state index is -3.81. The van der Waals surface area contributed by atoms with Crippen molar-refractivity contribution in [2.75, 3.05) is 11.4 Å². The van der Waals surface area contributed by atoms with Gasteiger partial charge in [-0.05, 0) is 36.6 Å². The van der Waals surface area contributed by atoms with Gasteiger partial charge in [-0.2, -0.15) is 0 Å².